The molecule has 1 aromatic heterocycles. The maximum absolute atomic E-state index is 12.7. The molecule has 2 aliphatic heterocycles. The largest absolute Gasteiger partial charge is 0.330 e. The van der Waals surface area contributed by atoms with Crippen LogP contribution in [0.15, 0.2) is 36.7 Å². The molecule has 0 spiro atoms. The fourth-order valence-electron chi connectivity index (χ4n) is 3.69. The molecule has 3 atom stereocenters. The molecule has 3 heterocycles. The number of nitrogens with one attached hydrogen (secondary N) is 1. The zero-order valence-corrected chi connectivity index (χ0v) is 12.9. The smallest absolute Gasteiger partial charge is 0.322 e. The van der Waals surface area contributed by atoms with E-state index in [1.54, 1.807) is 6.20 Å². The van der Waals surface area contributed by atoms with Gasteiger partial charge in [0.2, 0.25) is 0 Å². The molecular weight excluding hydrogens is 276 g/mol. The number of para-hydroxylation sites is 1. The van der Waals surface area contributed by atoms with Crippen LogP contribution in [0.5, 0.6) is 0 Å². The van der Waals surface area contributed by atoms with E-state index in [1.807, 2.05) is 29.3 Å². The van der Waals surface area contributed by atoms with Gasteiger partial charge in [0, 0.05) is 36.6 Å². The first-order valence-corrected chi connectivity index (χ1v) is 7.85. The van der Waals surface area contributed by atoms with Gasteiger partial charge >= 0.3 is 6.03 Å². The van der Waals surface area contributed by atoms with Crippen LogP contribution in [0.3, 0.4) is 0 Å². The van der Waals surface area contributed by atoms with E-state index in [9.17, 15) is 4.79 Å². The Bertz CT molecular complexity index is 723. The molecule has 3 unspecified atom stereocenters. The van der Waals surface area contributed by atoms with Crippen molar-refractivity contribution in [1.29, 1.82) is 0 Å². The van der Waals surface area contributed by atoms with Crippen molar-refractivity contribution >= 4 is 11.7 Å². The molecule has 0 saturated carbocycles. The van der Waals surface area contributed by atoms with Gasteiger partial charge in [0.1, 0.15) is 5.82 Å². The first kappa shape index (κ1) is 13.4. The molecule has 2 amide bonds. The number of carbonyl (C=O) groups excluding carboxylic acids is 1. The molecular formula is C17H20N4O. The lowest BCUT2D eigenvalue weighted by Gasteiger charge is -2.21. The number of urea groups is 1. The number of carbonyl (C=O) groups is 1. The van der Waals surface area contributed by atoms with Crippen LogP contribution < -0.4 is 10.2 Å². The van der Waals surface area contributed by atoms with Crippen LogP contribution in [0.1, 0.15) is 49.7 Å². The van der Waals surface area contributed by atoms with Crippen molar-refractivity contribution in [3.8, 4) is 0 Å². The number of nitrogens with zero attached hydrogens (tertiary/aromatic N) is 3. The first-order valence-electron chi connectivity index (χ1n) is 7.85. The van der Waals surface area contributed by atoms with E-state index in [1.165, 1.54) is 5.56 Å². The number of fused-ring (bicyclic) bond motifs is 2. The molecule has 2 aromatic rings. The minimum Gasteiger partial charge on any atom is -0.330 e. The molecule has 5 nitrogen and oxygen atoms in total. The lowest BCUT2D eigenvalue weighted by atomic mass is 10.0. The molecule has 0 fully saturated rings. The Labute approximate surface area is 130 Å². The molecule has 1 aromatic carbocycles. The summed E-state index contributed by atoms with van der Waals surface area (Å²) in [6, 6.07) is 8.51. The number of rotatable bonds is 1. The molecule has 114 valence electrons. The normalized spacial score (nSPS) is 25.9. The van der Waals surface area contributed by atoms with Gasteiger partial charge in [-0.2, -0.15) is 0 Å². The number of hydrogen-bond donors (Lipinski definition) is 1. The van der Waals surface area contributed by atoms with Crippen LogP contribution in [-0.2, 0) is 0 Å². The van der Waals surface area contributed by atoms with E-state index in [-0.39, 0.29) is 12.1 Å². The molecule has 4 rings (SSSR count). The highest BCUT2D eigenvalue weighted by molar-refractivity contribution is 5.94. The average Bonchev–Trinajstić information content (AvgIpc) is 3.18. The highest BCUT2D eigenvalue weighted by Gasteiger charge is 2.34. The lowest BCUT2D eigenvalue weighted by molar-refractivity contribution is 0.242. The molecule has 0 aliphatic carbocycles. The predicted octanol–water partition coefficient (Wildman–Crippen LogP) is 3.22. The molecule has 0 bridgehead atoms. The van der Waals surface area contributed by atoms with Crippen molar-refractivity contribution in [3.05, 3.63) is 48.0 Å². The number of anilines is 1. The molecule has 5 heteroatoms. The zero-order valence-electron chi connectivity index (χ0n) is 12.9. The van der Waals surface area contributed by atoms with Crippen molar-refractivity contribution in [1.82, 2.24) is 14.9 Å². The summed E-state index contributed by atoms with van der Waals surface area (Å²) in [7, 11) is 0. The third kappa shape index (κ3) is 1.92. The Morgan fingerprint density at radius 2 is 2.14 bits per heavy atom. The Balaban J connectivity index is 1.55. The van der Waals surface area contributed by atoms with E-state index >= 15 is 0 Å². The van der Waals surface area contributed by atoms with Gasteiger partial charge in [-0.05, 0) is 25.0 Å². The minimum atomic E-state index is -0.0227. The van der Waals surface area contributed by atoms with Gasteiger partial charge in [0.25, 0.3) is 0 Å². The van der Waals surface area contributed by atoms with Crippen molar-refractivity contribution < 1.29 is 4.79 Å². The fourth-order valence-corrected chi connectivity index (χ4v) is 3.69. The molecule has 0 radical (unpaired) electrons. The topological polar surface area (TPSA) is 50.2 Å². The van der Waals surface area contributed by atoms with Crippen LogP contribution in [0.2, 0.25) is 0 Å². The van der Waals surface area contributed by atoms with Gasteiger partial charge in [0.15, 0.2) is 0 Å². The van der Waals surface area contributed by atoms with Crippen molar-refractivity contribution in [2.45, 2.75) is 38.3 Å². The van der Waals surface area contributed by atoms with Gasteiger partial charge in [0.05, 0.1) is 6.04 Å². The predicted molar refractivity (Wildman–Crippen MR) is 85.0 cm³/mol. The number of amides is 2. The minimum absolute atomic E-state index is 0.000526. The van der Waals surface area contributed by atoms with Crippen molar-refractivity contribution in [3.63, 3.8) is 0 Å². The maximum Gasteiger partial charge on any atom is 0.322 e. The summed E-state index contributed by atoms with van der Waals surface area (Å²) in [6.07, 6.45) is 4.69. The van der Waals surface area contributed by atoms with E-state index in [0.717, 1.165) is 24.5 Å². The monoisotopic (exact) mass is 296 g/mol. The summed E-state index contributed by atoms with van der Waals surface area (Å²) in [5.41, 5.74) is 2.28. The summed E-state index contributed by atoms with van der Waals surface area (Å²) in [5, 5.41) is 3.16. The Hall–Kier alpha value is -2.30. The fraction of sp³-hybridized carbons (Fsp3) is 0.412. The Kier molecular flexibility index (Phi) is 2.96. The summed E-state index contributed by atoms with van der Waals surface area (Å²) >= 11 is 0. The molecule has 2 aliphatic rings. The number of benzene rings is 1. The summed E-state index contributed by atoms with van der Waals surface area (Å²) < 4.78 is 2.14. The third-order valence-electron chi connectivity index (χ3n) is 4.82. The summed E-state index contributed by atoms with van der Waals surface area (Å²) in [6.45, 7) is 5.06. The Morgan fingerprint density at radius 1 is 1.32 bits per heavy atom. The van der Waals surface area contributed by atoms with E-state index < -0.39 is 0 Å². The summed E-state index contributed by atoms with van der Waals surface area (Å²) in [4.78, 5) is 19.0. The van der Waals surface area contributed by atoms with Crippen molar-refractivity contribution in [2.75, 3.05) is 11.4 Å². The summed E-state index contributed by atoms with van der Waals surface area (Å²) in [5.74, 6) is 1.34. The standard InChI is InChI=1S/C17H20N4O/c1-11-10-21(15-6-4-3-5-13(11)15)17(22)19-14-9-12(2)20-8-7-18-16(14)20/h3-8,11-12,14H,9-10H2,1-2H3,(H,19,22). The second-order valence-corrected chi connectivity index (χ2v) is 6.35. The van der Waals surface area contributed by atoms with Crippen LogP contribution >= 0.6 is 0 Å². The second kappa shape index (κ2) is 4.87. The van der Waals surface area contributed by atoms with Crippen LogP contribution in [0.25, 0.3) is 0 Å². The van der Waals surface area contributed by atoms with Gasteiger partial charge in [-0.25, -0.2) is 9.78 Å². The first-order chi connectivity index (χ1) is 10.6. The van der Waals surface area contributed by atoms with Gasteiger partial charge < -0.3 is 9.88 Å². The van der Waals surface area contributed by atoms with Crippen LogP contribution in [-0.4, -0.2) is 22.1 Å². The SMILES string of the molecule is CC1CN(C(=O)NC2CC(C)n3ccnc32)c2ccccc21. The zero-order chi connectivity index (χ0) is 15.3. The Morgan fingerprint density at radius 3 is 3.00 bits per heavy atom. The van der Waals surface area contributed by atoms with E-state index in [4.69, 9.17) is 0 Å². The number of imidazole rings is 1. The number of aromatic nitrogens is 2. The quantitative estimate of drug-likeness (QED) is 0.878. The molecule has 1 N–H and O–H groups in total. The lowest BCUT2D eigenvalue weighted by Crippen LogP contribution is -2.40. The van der Waals surface area contributed by atoms with Crippen molar-refractivity contribution in [2.24, 2.45) is 0 Å². The van der Waals surface area contributed by atoms with E-state index in [2.05, 4.69) is 34.8 Å². The molecule has 0 saturated heterocycles. The van der Waals surface area contributed by atoms with Gasteiger partial charge in [-0.15, -0.1) is 0 Å². The average molecular weight is 296 g/mol. The highest BCUT2D eigenvalue weighted by Crippen LogP contribution is 2.37. The second-order valence-electron chi connectivity index (χ2n) is 6.35. The van der Waals surface area contributed by atoms with Gasteiger partial charge in [-0.1, -0.05) is 25.1 Å². The number of hydrogen-bond acceptors (Lipinski definition) is 2. The molecule has 22 heavy (non-hydrogen) atoms. The van der Waals surface area contributed by atoms with Gasteiger partial charge in [-0.3, -0.25) is 4.90 Å². The van der Waals surface area contributed by atoms with Crippen LogP contribution in [0, 0.1) is 0 Å². The maximum atomic E-state index is 12.7. The highest BCUT2D eigenvalue weighted by atomic mass is 16.2. The van der Waals surface area contributed by atoms with Crippen LogP contribution in [0.4, 0.5) is 10.5 Å². The van der Waals surface area contributed by atoms with E-state index in [0.29, 0.717) is 12.0 Å². The third-order valence-corrected chi connectivity index (χ3v) is 4.82.